The van der Waals surface area contributed by atoms with Gasteiger partial charge in [0.15, 0.2) is 17.9 Å². The molecule has 2 aromatic rings. The number of Topliss-reactive ketones (excluding diaryl/α,β-unsaturated/α-hetero) is 1. The van der Waals surface area contributed by atoms with Crippen LogP contribution in [0, 0.1) is 5.92 Å². The molecule has 184 valence electrons. The number of aliphatic hydroxyl groups is 1. The number of ketones is 3. The first-order chi connectivity index (χ1) is 16.6. The molecule has 9 nitrogen and oxygen atoms in total. The van der Waals surface area contributed by atoms with Crippen molar-refractivity contribution in [1.82, 2.24) is 0 Å². The van der Waals surface area contributed by atoms with Crippen molar-refractivity contribution in [1.29, 1.82) is 0 Å². The van der Waals surface area contributed by atoms with Crippen LogP contribution in [0.5, 0.6) is 11.5 Å². The van der Waals surface area contributed by atoms with Gasteiger partial charge in [-0.3, -0.25) is 14.4 Å². The fourth-order valence-corrected chi connectivity index (χ4v) is 5.43. The van der Waals surface area contributed by atoms with Gasteiger partial charge in [-0.25, -0.2) is 0 Å². The summed E-state index contributed by atoms with van der Waals surface area (Å²) in [5, 5.41) is 32.7. The van der Waals surface area contributed by atoms with Crippen LogP contribution in [0.2, 0.25) is 0 Å². The van der Waals surface area contributed by atoms with E-state index in [0.717, 1.165) is 0 Å². The number of aromatic hydroxyl groups is 2. The summed E-state index contributed by atoms with van der Waals surface area (Å²) in [6, 6.07) is 5.63. The molecule has 1 unspecified atom stereocenters. The third-order valence-electron chi connectivity index (χ3n) is 7.37. The molecule has 0 aromatic heterocycles. The molecular formula is C26H27NO8. The van der Waals surface area contributed by atoms with Crippen molar-refractivity contribution < 1.29 is 39.2 Å². The maximum Gasteiger partial charge on any atom is 0.198 e. The molecule has 2 aliphatic carbocycles. The summed E-state index contributed by atoms with van der Waals surface area (Å²) in [6.07, 6.45) is -2.79. The lowest BCUT2D eigenvalue weighted by molar-refractivity contribution is -0.243. The first kappa shape index (κ1) is 23.6. The quantitative estimate of drug-likeness (QED) is 0.410. The highest BCUT2D eigenvalue weighted by Crippen LogP contribution is 2.51. The number of hydrogen-bond donors (Lipinski definition) is 4. The number of hydrogen-bond acceptors (Lipinski definition) is 9. The second-order valence-electron chi connectivity index (χ2n) is 9.58. The number of carbonyl (C=O) groups excluding carboxylic acids is 3. The van der Waals surface area contributed by atoms with Crippen LogP contribution in [-0.2, 0) is 20.7 Å². The minimum atomic E-state index is -0.913. The number of phenolic OH excluding ortho intramolecular Hbond substituents is 2. The van der Waals surface area contributed by atoms with Crippen molar-refractivity contribution in [3.05, 3.63) is 57.6 Å². The summed E-state index contributed by atoms with van der Waals surface area (Å²) >= 11 is 0. The Kier molecular flexibility index (Phi) is 5.76. The number of aliphatic hydroxyl groups excluding tert-OH is 1. The summed E-state index contributed by atoms with van der Waals surface area (Å²) in [4.78, 5) is 38.9. The minimum Gasteiger partial charge on any atom is -0.507 e. The van der Waals surface area contributed by atoms with Crippen LogP contribution in [0.25, 0.3) is 0 Å². The number of benzene rings is 2. The van der Waals surface area contributed by atoms with Gasteiger partial charge in [-0.15, -0.1) is 0 Å². The average molecular weight is 482 g/mol. The zero-order chi connectivity index (χ0) is 25.2. The minimum absolute atomic E-state index is 0.0838. The van der Waals surface area contributed by atoms with Gasteiger partial charge in [0.1, 0.15) is 17.3 Å². The van der Waals surface area contributed by atoms with E-state index in [2.05, 4.69) is 0 Å². The number of carbonyl (C=O) groups is 3. The molecule has 5 rings (SSSR count). The molecule has 1 fully saturated rings. The topological polar surface area (TPSA) is 156 Å². The second kappa shape index (κ2) is 8.53. The van der Waals surface area contributed by atoms with E-state index in [1.165, 1.54) is 19.1 Å². The van der Waals surface area contributed by atoms with Gasteiger partial charge in [-0.05, 0) is 26.7 Å². The fourth-order valence-electron chi connectivity index (χ4n) is 5.43. The highest BCUT2D eigenvalue weighted by molar-refractivity contribution is 6.30. The highest BCUT2D eigenvalue weighted by Gasteiger charge is 2.44. The van der Waals surface area contributed by atoms with Gasteiger partial charge in [0, 0.05) is 40.6 Å². The molecule has 1 heterocycles. The Morgan fingerprint density at radius 2 is 1.66 bits per heavy atom. The lowest BCUT2D eigenvalue weighted by Gasteiger charge is -2.40. The van der Waals surface area contributed by atoms with E-state index in [0.29, 0.717) is 0 Å². The standard InChI is InChI=1S/C26H27NO8/c1-10(28)12-7-15-19(17(8-12)35-18-9-16(27)22(29)11(2)34-18)26(33)21-20(25(15)32)23(30)13-5-3-4-6-14(13)24(21)31/h3-6,11-12,16-18,22,29,32-33H,7-9,27H2,1-2H3/t11-,12+,16-,17-,18?,22+/m0/s1. The summed E-state index contributed by atoms with van der Waals surface area (Å²) in [5.41, 5.74) is 6.13. The first-order valence-corrected chi connectivity index (χ1v) is 11.6. The number of rotatable bonds is 3. The third kappa shape index (κ3) is 3.66. The van der Waals surface area contributed by atoms with Gasteiger partial charge in [-0.1, -0.05) is 24.3 Å². The molecule has 35 heavy (non-hydrogen) atoms. The van der Waals surface area contributed by atoms with Crippen molar-refractivity contribution in [3.63, 3.8) is 0 Å². The van der Waals surface area contributed by atoms with E-state index in [-0.39, 0.29) is 58.4 Å². The molecule has 0 spiro atoms. The monoisotopic (exact) mass is 481 g/mol. The molecule has 0 saturated carbocycles. The van der Waals surface area contributed by atoms with E-state index >= 15 is 0 Å². The van der Waals surface area contributed by atoms with Crippen molar-refractivity contribution in [2.45, 2.75) is 63.8 Å². The Morgan fingerprint density at radius 1 is 1.06 bits per heavy atom. The van der Waals surface area contributed by atoms with Crippen LogP contribution in [0.4, 0.5) is 0 Å². The van der Waals surface area contributed by atoms with Crippen LogP contribution in [0.15, 0.2) is 24.3 Å². The molecule has 1 saturated heterocycles. The number of ether oxygens (including phenoxy) is 2. The van der Waals surface area contributed by atoms with Crippen molar-refractivity contribution >= 4 is 17.3 Å². The van der Waals surface area contributed by atoms with E-state index in [9.17, 15) is 29.7 Å². The van der Waals surface area contributed by atoms with Crippen molar-refractivity contribution in [2.24, 2.45) is 11.7 Å². The van der Waals surface area contributed by atoms with E-state index in [1.807, 2.05) is 0 Å². The van der Waals surface area contributed by atoms with Crippen LogP contribution >= 0.6 is 0 Å². The maximum absolute atomic E-state index is 13.3. The maximum atomic E-state index is 13.3. The normalized spacial score (nSPS) is 29.8. The van der Waals surface area contributed by atoms with Crippen molar-refractivity contribution in [2.75, 3.05) is 0 Å². The molecular weight excluding hydrogens is 454 g/mol. The molecule has 3 aliphatic rings. The summed E-state index contributed by atoms with van der Waals surface area (Å²) in [6.45, 7) is 3.09. The molecule has 9 heteroatoms. The lowest BCUT2D eigenvalue weighted by atomic mass is 9.74. The SMILES string of the molecule is CC(=O)[C@@H]1Cc2c(O)c3c(c(O)c2[C@@H](OC2C[C@H](N)[C@H](O)[C@H](C)O2)C1)C(=O)c1ccccc1C3=O. The molecule has 6 atom stereocenters. The smallest absolute Gasteiger partial charge is 0.198 e. The Bertz CT molecular complexity index is 1240. The van der Waals surface area contributed by atoms with Gasteiger partial charge < -0.3 is 30.5 Å². The second-order valence-corrected chi connectivity index (χ2v) is 9.58. The predicted molar refractivity (Wildman–Crippen MR) is 122 cm³/mol. The predicted octanol–water partition coefficient (Wildman–Crippen LogP) is 1.91. The van der Waals surface area contributed by atoms with Gasteiger partial charge in [0.05, 0.1) is 29.4 Å². The molecule has 1 aliphatic heterocycles. The van der Waals surface area contributed by atoms with Gasteiger partial charge in [0.2, 0.25) is 0 Å². The first-order valence-electron chi connectivity index (χ1n) is 11.6. The van der Waals surface area contributed by atoms with Gasteiger partial charge >= 0.3 is 0 Å². The van der Waals surface area contributed by atoms with E-state index in [1.54, 1.807) is 19.1 Å². The van der Waals surface area contributed by atoms with Crippen molar-refractivity contribution in [3.8, 4) is 11.5 Å². The van der Waals surface area contributed by atoms with Crippen LogP contribution in [0.1, 0.15) is 75.8 Å². The number of nitrogens with two attached hydrogens (primary N) is 1. The van der Waals surface area contributed by atoms with Crippen LogP contribution in [0.3, 0.4) is 0 Å². The lowest BCUT2D eigenvalue weighted by Crippen LogP contribution is -2.52. The fraction of sp³-hybridized carbons (Fsp3) is 0.423. The Balaban J connectivity index is 1.63. The van der Waals surface area contributed by atoms with Crippen LogP contribution < -0.4 is 5.73 Å². The molecule has 0 amide bonds. The summed E-state index contributed by atoms with van der Waals surface area (Å²) < 4.78 is 11.9. The molecule has 0 bridgehead atoms. The van der Waals surface area contributed by atoms with E-state index in [4.69, 9.17) is 15.2 Å². The third-order valence-corrected chi connectivity index (χ3v) is 7.37. The van der Waals surface area contributed by atoms with Gasteiger partial charge in [0.25, 0.3) is 0 Å². The van der Waals surface area contributed by atoms with Gasteiger partial charge in [-0.2, -0.15) is 0 Å². The Hall–Kier alpha value is -3.11. The van der Waals surface area contributed by atoms with E-state index < -0.39 is 59.6 Å². The zero-order valence-corrected chi connectivity index (χ0v) is 19.4. The molecule has 5 N–H and O–H groups in total. The number of fused-ring (bicyclic) bond motifs is 3. The Morgan fingerprint density at radius 3 is 2.23 bits per heavy atom. The number of phenols is 2. The largest absolute Gasteiger partial charge is 0.507 e. The molecule has 0 radical (unpaired) electrons. The zero-order valence-electron chi connectivity index (χ0n) is 19.4. The molecule has 2 aromatic carbocycles. The summed E-state index contributed by atoms with van der Waals surface area (Å²) in [7, 11) is 0. The highest BCUT2D eigenvalue weighted by atomic mass is 16.7. The summed E-state index contributed by atoms with van der Waals surface area (Å²) in [5.74, 6) is -2.70. The van der Waals surface area contributed by atoms with Crippen LogP contribution in [-0.4, -0.2) is 57.2 Å². The Labute approximate surface area is 201 Å². The average Bonchev–Trinajstić information content (AvgIpc) is 2.82.